The van der Waals surface area contributed by atoms with Crippen molar-refractivity contribution in [1.29, 1.82) is 0 Å². The van der Waals surface area contributed by atoms with E-state index in [2.05, 4.69) is 4.72 Å². The van der Waals surface area contributed by atoms with Crippen LogP contribution in [0.5, 0.6) is 5.75 Å². The monoisotopic (exact) mass is 332 g/mol. The molecule has 2 aromatic rings. The highest BCUT2D eigenvalue weighted by molar-refractivity contribution is 7.94. The van der Waals surface area contributed by atoms with Crippen molar-refractivity contribution in [2.75, 3.05) is 17.9 Å². The quantitative estimate of drug-likeness (QED) is 0.851. The summed E-state index contributed by atoms with van der Waals surface area (Å²) in [6, 6.07) is 9.61. The van der Waals surface area contributed by atoms with E-state index in [1.807, 2.05) is 0 Å². The average Bonchev–Trinajstić information content (AvgIpc) is 2.85. The van der Waals surface area contributed by atoms with Crippen LogP contribution in [0.15, 0.2) is 40.6 Å². The fourth-order valence-corrected chi connectivity index (χ4v) is 3.98. The summed E-state index contributed by atoms with van der Waals surface area (Å²) in [6.45, 7) is 0.840. The molecule has 20 heavy (non-hydrogen) atoms. The summed E-state index contributed by atoms with van der Waals surface area (Å²) in [7, 11) is -3.60. The predicted octanol–water partition coefficient (Wildman–Crippen LogP) is 2.54. The molecule has 0 aliphatic carbocycles. The molecular formula is C12H13ClN2O3S2. The zero-order valence-corrected chi connectivity index (χ0v) is 12.8. The molecule has 0 fully saturated rings. The van der Waals surface area contributed by atoms with Crippen molar-refractivity contribution < 1.29 is 13.2 Å². The first kappa shape index (κ1) is 15.1. The maximum absolute atomic E-state index is 12.1. The Bertz CT molecular complexity index is 668. The van der Waals surface area contributed by atoms with Gasteiger partial charge in [0.1, 0.15) is 16.6 Å². The zero-order chi connectivity index (χ0) is 14.6. The molecule has 0 bridgehead atoms. The van der Waals surface area contributed by atoms with Crippen LogP contribution in [0.1, 0.15) is 0 Å². The van der Waals surface area contributed by atoms with Crippen molar-refractivity contribution in [3.05, 3.63) is 40.7 Å². The minimum atomic E-state index is -3.60. The highest BCUT2D eigenvalue weighted by Crippen LogP contribution is 2.27. The van der Waals surface area contributed by atoms with Gasteiger partial charge in [-0.2, -0.15) is 0 Å². The Kier molecular flexibility index (Phi) is 4.87. The number of halogens is 1. The molecule has 0 atom stereocenters. The highest BCUT2D eigenvalue weighted by atomic mass is 35.5. The molecule has 0 saturated heterocycles. The lowest BCUT2D eigenvalue weighted by molar-refractivity contribution is 0.328. The summed E-state index contributed by atoms with van der Waals surface area (Å²) in [5.41, 5.74) is 5.78. The number of anilines is 1. The van der Waals surface area contributed by atoms with Gasteiger partial charge in [-0.3, -0.25) is 4.72 Å². The smallest absolute Gasteiger partial charge is 0.271 e. The summed E-state index contributed by atoms with van der Waals surface area (Å²) in [5, 5.41) is 0. The number of benzene rings is 1. The fourth-order valence-electron chi connectivity index (χ4n) is 1.44. The minimum absolute atomic E-state index is 0.172. The van der Waals surface area contributed by atoms with Crippen LogP contribution in [0.3, 0.4) is 0 Å². The summed E-state index contributed by atoms with van der Waals surface area (Å²) in [5.74, 6) is 0.637. The van der Waals surface area contributed by atoms with E-state index in [1.165, 1.54) is 6.07 Å². The van der Waals surface area contributed by atoms with Crippen LogP contribution in [0.2, 0.25) is 4.34 Å². The Morgan fingerprint density at radius 3 is 2.45 bits per heavy atom. The summed E-state index contributed by atoms with van der Waals surface area (Å²) in [6.07, 6.45) is 0. The SMILES string of the molecule is NCCOc1ccc(NS(=O)(=O)c2ccc(Cl)s2)cc1. The third-order valence-electron chi connectivity index (χ3n) is 2.31. The molecule has 3 N–H and O–H groups in total. The molecule has 108 valence electrons. The number of sulfonamides is 1. The minimum Gasteiger partial charge on any atom is -0.492 e. The van der Waals surface area contributed by atoms with Gasteiger partial charge >= 0.3 is 0 Å². The number of hydrogen-bond acceptors (Lipinski definition) is 5. The molecule has 8 heteroatoms. The molecule has 0 spiro atoms. The van der Waals surface area contributed by atoms with Crippen LogP contribution >= 0.6 is 22.9 Å². The number of nitrogens with two attached hydrogens (primary N) is 1. The third-order valence-corrected chi connectivity index (χ3v) is 5.41. The molecule has 5 nitrogen and oxygen atoms in total. The van der Waals surface area contributed by atoms with Crippen molar-refractivity contribution in [2.45, 2.75) is 4.21 Å². The topological polar surface area (TPSA) is 81.4 Å². The maximum Gasteiger partial charge on any atom is 0.271 e. The molecule has 1 heterocycles. The van der Waals surface area contributed by atoms with E-state index in [1.54, 1.807) is 30.3 Å². The van der Waals surface area contributed by atoms with Gasteiger partial charge in [0, 0.05) is 12.2 Å². The average molecular weight is 333 g/mol. The lowest BCUT2D eigenvalue weighted by Crippen LogP contribution is -2.12. The fraction of sp³-hybridized carbons (Fsp3) is 0.167. The van der Waals surface area contributed by atoms with Gasteiger partial charge < -0.3 is 10.5 Å². The van der Waals surface area contributed by atoms with Gasteiger partial charge in [0.2, 0.25) is 0 Å². The van der Waals surface area contributed by atoms with Gasteiger partial charge in [0.15, 0.2) is 0 Å². The Morgan fingerprint density at radius 2 is 1.90 bits per heavy atom. The Hall–Kier alpha value is -1.28. The Labute approximate surface area is 126 Å². The molecule has 0 aliphatic heterocycles. The lowest BCUT2D eigenvalue weighted by atomic mass is 10.3. The second kappa shape index (κ2) is 6.45. The van der Waals surface area contributed by atoms with Crippen molar-refractivity contribution in [1.82, 2.24) is 0 Å². The van der Waals surface area contributed by atoms with E-state index in [4.69, 9.17) is 22.1 Å². The van der Waals surface area contributed by atoms with Crippen LogP contribution in [-0.2, 0) is 10.0 Å². The number of thiophene rings is 1. The Balaban J connectivity index is 2.09. The van der Waals surface area contributed by atoms with E-state index < -0.39 is 10.0 Å². The van der Waals surface area contributed by atoms with Gasteiger partial charge in [-0.1, -0.05) is 11.6 Å². The number of ether oxygens (including phenoxy) is 1. The van der Waals surface area contributed by atoms with Crippen molar-refractivity contribution in [3.8, 4) is 5.75 Å². The first-order chi connectivity index (χ1) is 9.51. The standard InChI is InChI=1S/C12H13ClN2O3S2/c13-11-5-6-12(19-11)20(16,17)15-9-1-3-10(4-2-9)18-8-7-14/h1-6,15H,7-8,14H2. The van der Waals surface area contributed by atoms with Crippen LogP contribution in [0, 0.1) is 0 Å². The first-order valence-electron chi connectivity index (χ1n) is 5.72. The first-order valence-corrected chi connectivity index (χ1v) is 8.40. The molecule has 0 radical (unpaired) electrons. The third kappa shape index (κ3) is 3.86. The highest BCUT2D eigenvalue weighted by Gasteiger charge is 2.16. The number of rotatable bonds is 6. The van der Waals surface area contributed by atoms with Crippen LogP contribution in [0.4, 0.5) is 5.69 Å². The molecule has 2 rings (SSSR count). The van der Waals surface area contributed by atoms with Gasteiger partial charge in [-0.05, 0) is 36.4 Å². The van der Waals surface area contributed by atoms with Crippen LogP contribution in [-0.4, -0.2) is 21.6 Å². The Morgan fingerprint density at radius 1 is 1.20 bits per heavy atom. The zero-order valence-electron chi connectivity index (χ0n) is 10.4. The van der Waals surface area contributed by atoms with Crippen molar-refractivity contribution in [2.24, 2.45) is 5.73 Å². The van der Waals surface area contributed by atoms with Crippen molar-refractivity contribution in [3.63, 3.8) is 0 Å². The second-order valence-electron chi connectivity index (χ2n) is 3.83. The van der Waals surface area contributed by atoms with Gasteiger partial charge in [0.05, 0.1) is 4.34 Å². The summed E-state index contributed by atoms with van der Waals surface area (Å²) >= 11 is 6.74. The lowest BCUT2D eigenvalue weighted by Gasteiger charge is -2.08. The van der Waals surface area contributed by atoms with E-state index in [0.29, 0.717) is 28.9 Å². The van der Waals surface area contributed by atoms with Crippen LogP contribution < -0.4 is 15.2 Å². The normalized spacial score (nSPS) is 11.3. The van der Waals surface area contributed by atoms with Gasteiger partial charge in [-0.25, -0.2) is 8.42 Å². The summed E-state index contributed by atoms with van der Waals surface area (Å²) < 4.78 is 32.5. The number of nitrogens with one attached hydrogen (secondary N) is 1. The van der Waals surface area contributed by atoms with Crippen LogP contribution in [0.25, 0.3) is 0 Å². The predicted molar refractivity (Wildman–Crippen MR) is 81.1 cm³/mol. The molecule has 0 saturated carbocycles. The van der Waals surface area contributed by atoms with Gasteiger partial charge in [-0.15, -0.1) is 11.3 Å². The molecule has 1 aromatic carbocycles. The molecule has 0 aliphatic rings. The van der Waals surface area contributed by atoms with E-state index >= 15 is 0 Å². The maximum atomic E-state index is 12.1. The van der Waals surface area contributed by atoms with Crippen molar-refractivity contribution >= 4 is 38.6 Å². The van der Waals surface area contributed by atoms with E-state index in [9.17, 15) is 8.42 Å². The largest absolute Gasteiger partial charge is 0.492 e. The van der Waals surface area contributed by atoms with Gasteiger partial charge in [0.25, 0.3) is 10.0 Å². The van der Waals surface area contributed by atoms with E-state index in [0.717, 1.165) is 11.3 Å². The second-order valence-corrected chi connectivity index (χ2v) is 7.45. The molecule has 0 unspecified atom stereocenters. The molecule has 0 amide bonds. The van der Waals surface area contributed by atoms with E-state index in [-0.39, 0.29) is 4.21 Å². The number of hydrogen-bond donors (Lipinski definition) is 2. The molecule has 1 aromatic heterocycles. The molecular weight excluding hydrogens is 320 g/mol. The summed E-state index contributed by atoms with van der Waals surface area (Å²) in [4.78, 5) is 0.